The Labute approximate surface area is 196 Å². The zero-order valence-electron chi connectivity index (χ0n) is 17.3. The topological polar surface area (TPSA) is 49.3 Å². The zero-order chi connectivity index (χ0) is 23.6. The Balaban J connectivity index is 1.59. The molecular weight excluding hydrogens is 467 g/mol. The van der Waals surface area contributed by atoms with E-state index in [9.17, 15) is 23.1 Å². The summed E-state index contributed by atoms with van der Waals surface area (Å²) < 4.78 is 39.3. The summed E-state index contributed by atoms with van der Waals surface area (Å²) in [6.07, 6.45) is 0.676. The van der Waals surface area contributed by atoms with Gasteiger partial charge in [0.1, 0.15) is 10.6 Å². The fourth-order valence-electron chi connectivity index (χ4n) is 3.36. The molecule has 8 heteroatoms. The average molecular weight is 486 g/mol. The lowest BCUT2D eigenvalue weighted by atomic mass is 10.00. The second-order valence-corrected chi connectivity index (χ2v) is 9.05. The van der Waals surface area contributed by atoms with Crippen LogP contribution in [-0.4, -0.2) is 17.3 Å². The summed E-state index contributed by atoms with van der Waals surface area (Å²) in [5.74, 6) is -1.05. The molecule has 3 aromatic carbocycles. The van der Waals surface area contributed by atoms with Crippen molar-refractivity contribution in [2.24, 2.45) is 0 Å². The predicted molar refractivity (Wildman–Crippen MR) is 129 cm³/mol. The standard InChI is InChI=1S/C25H18F3NO2S2/c1-32-18-9-7-16(19(14-18)15-5-3-2-4-6-15)11-12-29-24(31)23-22(30)20-13-17(25(26,27)28)8-10-21(20)33-23/h2-14,30H,1H3,(H,29,31). The number of thioether (sulfide) groups is 1. The third kappa shape index (κ3) is 4.91. The molecule has 1 heterocycles. The second kappa shape index (κ2) is 9.33. The molecule has 0 atom stereocenters. The number of nitrogens with one attached hydrogen (secondary N) is 1. The van der Waals surface area contributed by atoms with Crippen LogP contribution in [0.1, 0.15) is 20.8 Å². The number of aromatic hydroxyl groups is 1. The molecule has 0 saturated carbocycles. The molecule has 168 valence electrons. The third-order valence-corrected chi connectivity index (χ3v) is 6.90. The number of amides is 1. The van der Waals surface area contributed by atoms with Gasteiger partial charge in [-0.2, -0.15) is 13.2 Å². The Morgan fingerprint density at radius 2 is 1.82 bits per heavy atom. The van der Waals surface area contributed by atoms with Crippen molar-refractivity contribution >= 4 is 45.2 Å². The van der Waals surface area contributed by atoms with Crippen molar-refractivity contribution in [1.29, 1.82) is 0 Å². The van der Waals surface area contributed by atoms with Gasteiger partial charge in [-0.25, -0.2) is 0 Å². The summed E-state index contributed by atoms with van der Waals surface area (Å²) in [7, 11) is 0. The maximum Gasteiger partial charge on any atom is 0.416 e. The van der Waals surface area contributed by atoms with Crippen LogP contribution in [0, 0.1) is 0 Å². The quantitative estimate of drug-likeness (QED) is 0.289. The predicted octanol–water partition coefficient (Wildman–Crippen LogP) is 7.42. The van der Waals surface area contributed by atoms with Crippen molar-refractivity contribution in [2.45, 2.75) is 11.1 Å². The molecule has 33 heavy (non-hydrogen) atoms. The molecule has 1 aromatic heterocycles. The van der Waals surface area contributed by atoms with Gasteiger partial charge in [-0.15, -0.1) is 23.1 Å². The summed E-state index contributed by atoms with van der Waals surface area (Å²) >= 11 is 2.56. The van der Waals surface area contributed by atoms with E-state index in [2.05, 4.69) is 11.4 Å². The van der Waals surface area contributed by atoms with Gasteiger partial charge in [0.15, 0.2) is 0 Å². The Bertz CT molecular complexity index is 1350. The van der Waals surface area contributed by atoms with Gasteiger partial charge in [-0.1, -0.05) is 36.4 Å². The molecular formula is C25H18F3NO2S2. The number of carbonyl (C=O) groups excluding carboxylic acids is 1. The summed E-state index contributed by atoms with van der Waals surface area (Å²) in [5, 5.41) is 13.0. The summed E-state index contributed by atoms with van der Waals surface area (Å²) in [6, 6.07) is 18.9. The van der Waals surface area contributed by atoms with Crippen LogP contribution in [0.5, 0.6) is 5.75 Å². The van der Waals surface area contributed by atoms with Gasteiger partial charge >= 0.3 is 6.18 Å². The Morgan fingerprint density at radius 3 is 2.52 bits per heavy atom. The molecule has 0 bridgehead atoms. The first-order valence-corrected chi connectivity index (χ1v) is 11.9. The first-order chi connectivity index (χ1) is 15.8. The lowest BCUT2D eigenvalue weighted by Gasteiger charge is -2.09. The number of hydrogen-bond donors (Lipinski definition) is 2. The molecule has 2 N–H and O–H groups in total. The zero-order valence-corrected chi connectivity index (χ0v) is 18.9. The minimum atomic E-state index is -4.53. The van der Waals surface area contributed by atoms with Crippen molar-refractivity contribution in [3.63, 3.8) is 0 Å². The Morgan fingerprint density at radius 1 is 1.06 bits per heavy atom. The van der Waals surface area contributed by atoms with Gasteiger partial charge < -0.3 is 10.4 Å². The van der Waals surface area contributed by atoms with E-state index in [0.29, 0.717) is 4.70 Å². The Kier molecular flexibility index (Phi) is 6.49. The SMILES string of the molecule is CSc1ccc(C=CNC(=O)c2sc3ccc(C(F)(F)F)cc3c2O)c(-c2ccccc2)c1. The number of halogens is 3. The van der Waals surface area contributed by atoms with Crippen LogP contribution >= 0.6 is 23.1 Å². The summed E-state index contributed by atoms with van der Waals surface area (Å²) in [6.45, 7) is 0. The van der Waals surface area contributed by atoms with Crippen LogP contribution in [0.4, 0.5) is 13.2 Å². The number of rotatable bonds is 5. The maximum atomic E-state index is 13.0. The summed E-state index contributed by atoms with van der Waals surface area (Å²) in [4.78, 5) is 13.7. The van der Waals surface area contributed by atoms with E-state index in [-0.39, 0.29) is 10.3 Å². The Hall–Kier alpha value is -3.23. The molecule has 0 spiro atoms. The highest BCUT2D eigenvalue weighted by Gasteiger charge is 2.31. The number of hydrogen-bond acceptors (Lipinski definition) is 4. The first-order valence-electron chi connectivity index (χ1n) is 9.81. The first kappa shape index (κ1) is 22.9. The van der Waals surface area contributed by atoms with Crippen LogP contribution in [0.2, 0.25) is 0 Å². The molecule has 0 aliphatic rings. The van der Waals surface area contributed by atoms with Crippen LogP contribution in [0.25, 0.3) is 27.3 Å². The van der Waals surface area contributed by atoms with E-state index in [4.69, 9.17) is 0 Å². The van der Waals surface area contributed by atoms with E-state index in [1.807, 2.05) is 48.7 Å². The normalized spacial score (nSPS) is 11.9. The molecule has 0 radical (unpaired) electrons. The van der Waals surface area contributed by atoms with Crippen molar-refractivity contribution in [3.05, 3.63) is 88.9 Å². The minimum Gasteiger partial charge on any atom is -0.506 e. The third-order valence-electron chi connectivity index (χ3n) is 5.02. The van der Waals surface area contributed by atoms with Gasteiger partial charge in [0, 0.05) is 21.2 Å². The molecule has 1 amide bonds. The van der Waals surface area contributed by atoms with Gasteiger partial charge in [0.05, 0.1) is 5.56 Å². The number of thiophene rings is 1. The fraction of sp³-hybridized carbons (Fsp3) is 0.0800. The van der Waals surface area contributed by atoms with E-state index in [0.717, 1.165) is 45.1 Å². The molecule has 3 nitrogen and oxygen atoms in total. The van der Waals surface area contributed by atoms with Crippen molar-refractivity contribution in [3.8, 4) is 16.9 Å². The molecule has 4 aromatic rings. The van der Waals surface area contributed by atoms with E-state index >= 15 is 0 Å². The lowest BCUT2D eigenvalue weighted by Crippen LogP contribution is -2.15. The van der Waals surface area contributed by atoms with Crippen molar-refractivity contribution in [1.82, 2.24) is 5.32 Å². The summed E-state index contributed by atoms with van der Waals surface area (Å²) in [5.41, 5.74) is 2.03. The highest BCUT2D eigenvalue weighted by Crippen LogP contribution is 2.40. The number of carbonyl (C=O) groups is 1. The van der Waals surface area contributed by atoms with Crippen LogP contribution in [0.15, 0.2) is 77.8 Å². The van der Waals surface area contributed by atoms with Gasteiger partial charge in [0.2, 0.25) is 0 Å². The van der Waals surface area contributed by atoms with Gasteiger partial charge in [0.25, 0.3) is 5.91 Å². The smallest absolute Gasteiger partial charge is 0.416 e. The second-order valence-electron chi connectivity index (χ2n) is 7.11. The largest absolute Gasteiger partial charge is 0.506 e. The maximum absolute atomic E-state index is 13.0. The van der Waals surface area contributed by atoms with E-state index in [1.165, 1.54) is 12.3 Å². The highest BCUT2D eigenvalue weighted by atomic mass is 32.2. The number of benzene rings is 3. The van der Waals surface area contributed by atoms with Gasteiger partial charge in [-0.3, -0.25) is 4.79 Å². The van der Waals surface area contributed by atoms with Gasteiger partial charge in [-0.05, 0) is 59.4 Å². The highest BCUT2D eigenvalue weighted by molar-refractivity contribution is 7.98. The number of alkyl halides is 3. The molecule has 0 aliphatic heterocycles. The average Bonchev–Trinajstić information content (AvgIpc) is 3.15. The monoisotopic (exact) mass is 485 g/mol. The molecule has 0 saturated heterocycles. The number of fused-ring (bicyclic) bond motifs is 1. The van der Waals surface area contributed by atoms with Crippen molar-refractivity contribution < 1.29 is 23.1 Å². The molecule has 4 rings (SSSR count). The molecule has 0 fully saturated rings. The molecule has 0 unspecified atom stereocenters. The minimum absolute atomic E-state index is 0.00275. The van der Waals surface area contributed by atoms with Crippen LogP contribution in [-0.2, 0) is 6.18 Å². The molecule has 0 aliphatic carbocycles. The lowest BCUT2D eigenvalue weighted by molar-refractivity contribution is -0.137. The van der Waals surface area contributed by atoms with Crippen LogP contribution < -0.4 is 5.32 Å². The van der Waals surface area contributed by atoms with Crippen LogP contribution in [0.3, 0.4) is 0 Å². The fourth-order valence-corrected chi connectivity index (χ4v) is 4.78. The van der Waals surface area contributed by atoms with E-state index in [1.54, 1.807) is 17.8 Å². The van der Waals surface area contributed by atoms with E-state index < -0.39 is 23.4 Å². The van der Waals surface area contributed by atoms with Crippen molar-refractivity contribution in [2.75, 3.05) is 6.26 Å².